The normalized spacial score (nSPS) is 10.5. The van der Waals surface area contributed by atoms with Gasteiger partial charge in [0, 0.05) is 11.3 Å². The SMILES string of the molecule is CCc1[nH]nc(N)c1-c1ccc(OC)c(Cl)c1. The lowest BCUT2D eigenvalue weighted by Crippen LogP contribution is -1.91. The molecule has 0 spiro atoms. The molecule has 4 nitrogen and oxygen atoms in total. The predicted octanol–water partition coefficient (Wildman–Crippen LogP) is 2.88. The van der Waals surface area contributed by atoms with E-state index in [2.05, 4.69) is 10.2 Å². The molecule has 0 saturated carbocycles. The minimum Gasteiger partial charge on any atom is -0.495 e. The number of aromatic nitrogens is 2. The van der Waals surface area contributed by atoms with Crippen molar-refractivity contribution in [3.63, 3.8) is 0 Å². The summed E-state index contributed by atoms with van der Waals surface area (Å²) in [6.07, 6.45) is 0.836. The number of anilines is 1. The summed E-state index contributed by atoms with van der Waals surface area (Å²) in [5.74, 6) is 1.14. The lowest BCUT2D eigenvalue weighted by Gasteiger charge is -2.06. The summed E-state index contributed by atoms with van der Waals surface area (Å²) in [5.41, 5.74) is 8.71. The van der Waals surface area contributed by atoms with E-state index in [9.17, 15) is 0 Å². The van der Waals surface area contributed by atoms with Gasteiger partial charge in [-0.3, -0.25) is 5.10 Å². The largest absolute Gasteiger partial charge is 0.495 e. The molecule has 0 aliphatic carbocycles. The van der Waals surface area contributed by atoms with E-state index in [4.69, 9.17) is 22.1 Å². The first-order chi connectivity index (χ1) is 8.17. The Morgan fingerprint density at radius 2 is 2.24 bits per heavy atom. The van der Waals surface area contributed by atoms with Gasteiger partial charge in [0.25, 0.3) is 0 Å². The Bertz CT molecular complexity index is 537. The first kappa shape index (κ1) is 11.8. The fourth-order valence-electron chi connectivity index (χ4n) is 1.79. The highest BCUT2D eigenvalue weighted by Crippen LogP contribution is 2.33. The smallest absolute Gasteiger partial charge is 0.153 e. The van der Waals surface area contributed by atoms with Crippen LogP contribution in [0.25, 0.3) is 11.1 Å². The quantitative estimate of drug-likeness (QED) is 0.882. The van der Waals surface area contributed by atoms with E-state index in [0.29, 0.717) is 16.6 Å². The van der Waals surface area contributed by atoms with Crippen molar-refractivity contribution in [1.29, 1.82) is 0 Å². The molecular weight excluding hydrogens is 238 g/mol. The zero-order chi connectivity index (χ0) is 12.4. The van der Waals surface area contributed by atoms with E-state index in [1.54, 1.807) is 7.11 Å². The molecule has 1 aromatic carbocycles. The molecule has 0 aliphatic rings. The highest BCUT2D eigenvalue weighted by molar-refractivity contribution is 6.32. The zero-order valence-corrected chi connectivity index (χ0v) is 10.5. The van der Waals surface area contributed by atoms with Crippen LogP contribution in [0.2, 0.25) is 5.02 Å². The van der Waals surface area contributed by atoms with Crippen LogP contribution in [0.3, 0.4) is 0 Å². The molecule has 0 bridgehead atoms. The number of rotatable bonds is 3. The number of hydrogen-bond donors (Lipinski definition) is 2. The van der Waals surface area contributed by atoms with E-state index in [1.165, 1.54) is 0 Å². The van der Waals surface area contributed by atoms with E-state index >= 15 is 0 Å². The van der Waals surface area contributed by atoms with Crippen molar-refractivity contribution in [3.8, 4) is 16.9 Å². The summed E-state index contributed by atoms with van der Waals surface area (Å²) < 4.78 is 5.12. The van der Waals surface area contributed by atoms with Gasteiger partial charge < -0.3 is 10.5 Å². The Balaban J connectivity index is 2.53. The van der Waals surface area contributed by atoms with Crippen molar-refractivity contribution in [2.45, 2.75) is 13.3 Å². The number of benzene rings is 1. The van der Waals surface area contributed by atoms with Crippen molar-refractivity contribution in [2.24, 2.45) is 0 Å². The Kier molecular flexibility index (Phi) is 3.24. The molecular formula is C12H14ClN3O. The Morgan fingerprint density at radius 1 is 1.47 bits per heavy atom. The second kappa shape index (κ2) is 4.67. The molecule has 0 atom stereocenters. The molecule has 0 amide bonds. The maximum atomic E-state index is 6.10. The van der Waals surface area contributed by atoms with Gasteiger partial charge in [0.05, 0.1) is 12.1 Å². The van der Waals surface area contributed by atoms with Crippen LogP contribution >= 0.6 is 11.6 Å². The molecule has 0 aliphatic heterocycles. The number of nitrogens with one attached hydrogen (secondary N) is 1. The minimum atomic E-state index is 0.489. The standard InChI is InChI=1S/C12H14ClN3O/c1-3-9-11(12(14)16-15-9)7-4-5-10(17-2)8(13)6-7/h4-6H,3H2,1-2H3,(H3,14,15,16). The number of nitrogens with zero attached hydrogens (tertiary/aromatic N) is 1. The van der Waals surface area contributed by atoms with Crippen LogP contribution in [0.15, 0.2) is 18.2 Å². The van der Waals surface area contributed by atoms with Crippen LogP contribution in [0, 0.1) is 0 Å². The third-order valence-electron chi connectivity index (χ3n) is 2.66. The molecule has 2 rings (SSSR count). The zero-order valence-electron chi connectivity index (χ0n) is 9.75. The average Bonchev–Trinajstić information content (AvgIpc) is 2.70. The number of nitrogen functional groups attached to an aromatic ring is 1. The first-order valence-electron chi connectivity index (χ1n) is 5.34. The summed E-state index contributed by atoms with van der Waals surface area (Å²) in [6, 6.07) is 5.58. The number of aromatic amines is 1. The minimum absolute atomic E-state index is 0.489. The summed E-state index contributed by atoms with van der Waals surface area (Å²) in [7, 11) is 1.59. The lowest BCUT2D eigenvalue weighted by atomic mass is 10.0. The van der Waals surface area contributed by atoms with Gasteiger partial charge in [-0.25, -0.2) is 0 Å². The molecule has 0 saturated heterocycles. The molecule has 3 N–H and O–H groups in total. The number of H-pyrrole nitrogens is 1. The maximum absolute atomic E-state index is 6.10. The van der Waals surface area contributed by atoms with Crippen LogP contribution in [-0.2, 0) is 6.42 Å². The van der Waals surface area contributed by atoms with Gasteiger partial charge in [0.2, 0.25) is 0 Å². The second-order valence-electron chi connectivity index (χ2n) is 3.67. The fraction of sp³-hybridized carbons (Fsp3) is 0.250. The molecule has 90 valence electrons. The molecule has 17 heavy (non-hydrogen) atoms. The molecule has 0 radical (unpaired) electrons. The van der Waals surface area contributed by atoms with Gasteiger partial charge in [-0.1, -0.05) is 24.6 Å². The van der Waals surface area contributed by atoms with Crippen LogP contribution in [-0.4, -0.2) is 17.3 Å². The molecule has 0 unspecified atom stereocenters. The monoisotopic (exact) mass is 251 g/mol. The van der Waals surface area contributed by atoms with E-state index in [0.717, 1.165) is 23.2 Å². The van der Waals surface area contributed by atoms with Gasteiger partial charge in [-0.15, -0.1) is 0 Å². The van der Waals surface area contributed by atoms with Crippen LogP contribution < -0.4 is 10.5 Å². The van der Waals surface area contributed by atoms with Crippen molar-refractivity contribution in [1.82, 2.24) is 10.2 Å². The Labute approximate surface area is 105 Å². The molecule has 2 aromatic rings. The summed E-state index contributed by atoms with van der Waals surface area (Å²) in [6.45, 7) is 2.04. The van der Waals surface area contributed by atoms with Crippen LogP contribution in [0.1, 0.15) is 12.6 Å². The summed E-state index contributed by atoms with van der Waals surface area (Å²) >= 11 is 6.10. The topological polar surface area (TPSA) is 63.9 Å². The highest BCUT2D eigenvalue weighted by atomic mass is 35.5. The summed E-state index contributed by atoms with van der Waals surface area (Å²) in [4.78, 5) is 0. The number of aryl methyl sites for hydroxylation is 1. The van der Waals surface area contributed by atoms with Gasteiger partial charge in [0.15, 0.2) is 5.82 Å². The molecule has 0 fully saturated rings. The van der Waals surface area contributed by atoms with Gasteiger partial charge in [0.1, 0.15) is 5.75 Å². The van der Waals surface area contributed by atoms with Crippen LogP contribution in [0.5, 0.6) is 5.75 Å². The van der Waals surface area contributed by atoms with E-state index in [1.807, 2.05) is 25.1 Å². The maximum Gasteiger partial charge on any atom is 0.153 e. The molecule has 1 heterocycles. The number of hydrogen-bond acceptors (Lipinski definition) is 3. The summed E-state index contributed by atoms with van der Waals surface area (Å²) in [5, 5.41) is 7.50. The van der Waals surface area contributed by atoms with Crippen molar-refractivity contribution < 1.29 is 4.74 Å². The number of halogens is 1. The predicted molar refractivity (Wildman–Crippen MR) is 69.4 cm³/mol. The van der Waals surface area contributed by atoms with Crippen LogP contribution in [0.4, 0.5) is 5.82 Å². The van der Waals surface area contributed by atoms with E-state index in [-0.39, 0.29) is 0 Å². The number of nitrogens with two attached hydrogens (primary N) is 1. The Hall–Kier alpha value is -1.68. The van der Waals surface area contributed by atoms with Crippen molar-refractivity contribution in [2.75, 3.05) is 12.8 Å². The third kappa shape index (κ3) is 2.08. The lowest BCUT2D eigenvalue weighted by molar-refractivity contribution is 0.415. The third-order valence-corrected chi connectivity index (χ3v) is 2.96. The van der Waals surface area contributed by atoms with Gasteiger partial charge in [-0.2, -0.15) is 5.10 Å². The second-order valence-corrected chi connectivity index (χ2v) is 4.07. The Morgan fingerprint density at radius 3 is 2.82 bits per heavy atom. The number of ether oxygens (including phenoxy) is 1. The highest BCUT2D eigenvalue weighted by Gasteiger charge is 2.13. The van der Waals surface area contributed by atoms with Gasteiger partial charge >= 0.3 is 0 Å². The average molecular weight is 252 g/mol. The van der Waals surface area contributed by atoms with E-state index < -0.39 is 0 Å². The molecule has 5 heteroatoms. The molecule has 1 aromatic heterocycles. The van der Waals surface area contributed by atoms with Crippen molar-refractivity contribution in [3.05, 3.63) is 28.9 Å². The van der Waals surface area contributed by atoms with Gasteiger partial charge in [-0.05, 0) is 24.1 Å². The van der Waals surface area contributed by atoms with Crippen molar-refractivity contribution >= 4 is 17.4 Å². The number of methoxy groups -OCH3 is 1. The fourth-order valence-corrected chi connectivity index (χ4v) is 2.05. The first-order valence-corrected chi connectivity index (χ1v) is 5.71.